The average molecular weight is 290 g/mol. The molecule has 0 radical (unpaired) electrons. The van der Waals surface area contributed by atoms with Crippen LogP contribution in [0.5, 0.6) is 0 Å². The minimum atomic E-state index is 0.308. The van der Waals surface area contributed by atoms with E-state index in [2.05, 4.69) is 39.0 Å². The number of hydrogen-bond donors (Lipinski definition) is 2. The Balaban J connectivity index is 1.69. The summed E-state index contributed by atoms with van der Waals surface area (Å²) in [7, 11) is 0. The SMILES string of the molecule is CC(C)C1(CNc2nc(N)nc(N3CCCCC3)n2)CC1. The second-order valence-corrected chi connectivity index (χ2v) is 6.74. The molecule has 1 saturated carbocycles. The lowest BCUT2D eigenvalue weighted by Crippen LogP contribution is -2.31. The first-order chi connectivity index (χ1) is 10.1. The van der Waals surface area contributed by atoms with Crippen molar-refractivity contribution in [1.29, 1.82) is 0 Å². The minimum Gasteiger partial charge on any atom is -0.368 e. The molecule has 0 bridgehead atoms. The van der Waals surface area contributed by atoms with Gasteiger partial charge in [-0.05, 0) is 43.4 Å². The van der Waals surface area contributed by atoms with Crippen LogP contribution < -0.4 is 16.0 Å². The highest BCUT2D eigenvalue weighted by atomic mass is 15.3. The molecule has 0 amide bonds. The molecule has 0 atom stereocenters. The van der Waals surface area contributed by atoms with E-state index in [0.29, 0.717) is 23.2 Å². The number of aromatic nitrogens is 3. The zero-order chi connectivity index (χ0) is 14.9. The fraction of sp³-hybridized carbons (Fsp3) is 0.800. The Hall–Kier alpha value is -1.59. The normalized spacial score (nSPS) is 20.6. The van der Waals surface area contributed by atoms with E-state index in [-0.39, 0.29) is 0 Å². The predicted octanol–water partition coefficient (Wildman–Crippen LogP) is 2.29. The average Bonchev–Trinajstić information content (AvgIpc) is 3.27. The van der Waals surface area contributed by atoms with Crippen molar-refractivity contribution in [3.8, 4) is 0 Å². The maximum atomic E-state index is 5.85. The van der Waals surface area contributed by atoms with E-state index in [1.807, 2.05) is 0 Å². The molecule has 1 aromatic heterocycles. The Morgan fingerprint density at radius 1 is 1.14 bits per heavy atom. The lowest BCUT2D eigenvalue weighted by Gasteiger charge is -2.27. The smallest absolute Gasteiger partial charge is 0.231 e. The van der Waals surface area contributed by atoms with Crippen LogP contribution >= 0.6 is 0 Å². The lowest BCUT2D eigenvalue weighted by atomic mass is 9.92. The van der Waals surface area contributed by atoms with Crippen LogP contribution in [0, 0.1) is 11.3 Å². The number of nitrogens with two attached hydrogens (primary N) is 1. The molecule has 0 spiro atoms. The molecule has 2 heterocycles. The Morgan fingerprint density at radius 2 is 1.86 bits per heavy atom. The summed E-state index contributed by atoms with van der Waals surface area (Å²) in [5.41, 5.74) is 6.28. The van der Waals surface area contributed by atoms with Gasteiger partial charge in [0.15, 0.2) is 0 Å². The van der Waals surface area contributed by atoms with Crippen molar-refractivity contribution in [3.63, 3.8) is 0 Å². The van der Waals surface area contributed by atoms with Gasteiger partial charge in [-0.2, -0.15) is 15.0 Å². The zero-order valence-corrected chi connectivity index (χ0v) is 13.1. The standard InChI is InChI=1S/C15H26N6/c1-11(2)15(6-7-15)10-17-13-18-12(16)19-14(20-13)21-8-4-3-5-9-21/h11H,3-10H2,1-2H3,(H3,16,17,18,19,20). The summed E-state index contributed by atoms with van der Waals surface area (Å²) in [6, 6.07) is 0. The van der Waals surface area contributed by atoms with Crippen molar-refractivity contribution < 1.29 is 0 Å². The van der Waals surface area contributed by atoms with Crippen LogP contribution in [-0.2, 0) is 0 Å². The quantitative estimate of drug-likeness (QED) is 0.866. The number of rotatable bonds is 5. The number of nitrogens with zero attached hydrogens (tertiary/aromatic N) is 4. The Kier molecular flexibility index (Phi) is 3.87. The van der Waals surface area contributed by atoms with Gasteiger partial charge in [0.25, 0.3) is 0 Å². The van der Waals surface area contributed by atoms with E-state index >= 15 is 0 Å². The van der Waals surface area contributed by atoms with Gasteiger partial charge in [-0.1, -0.05) is 13.8 Å². The van der Waals surface area contributed by atoms with Crippen LogP contribution in [-0.4, -0.2) is 34.6 Å². The summed E-state index contributed by atoms with van der Waals surface area (Å²) in [6.45, 7) is 7.52. The molecule has 3 rings (SSSR count). The van der Waals surface area contributed by atoms with Crippen molar-refractivity contribution in [2.24, 2.45) is 11.3 Å². The molecule has 3 N–H and O–H groups in total. The summed E-state index contributed by atoms with van der Waals surface area (Å²) >= 11 is 0. The van der Waals surface area contributed by atoms with Gasteiger partial charge >= 0.3 is 0 Å². The number of anilines is 3. The Labute approximate surface area is 126 Å². The largest absolute Gasteiger partial charge is 0.368 e. The molecule has 6 nitrogen and oxygen atoms in total. The van der Waals surface area contributed by atoms with Gasteiger partial charge < -0.3 is 16.0 Å². The molecule has 2 fully saturated rings. The Morgan fingerprint density at radius 3 is 2.48 bits per heavy atom. The lowest BCUT2D eigenvalue weighted by molar-refractivity contribution is 0.379. The highest BCUT2D eigenvalue weighted by Gasteiger charge is 2.45. The maximum Gasteiger partial charge on any atom is 0.231 e. The van der Waals surface area contributed by atoms with Gasteiger partial charge in [0, 0.05) is 19.6 Å². The first kappa shape index (κ1) is 14.4. The third-order valence-electron chi connectivity index (χ3n) is 5.00. The minimum absolute atomic E-state index is 0.308. The van der Waals surface area contributed by atoms with Crippen LogP contribution in [0.2, 0.25) is 0 Å². The van der Waals surface area contributed by atoms with E-state index in [9.17, 15) is 0 Å². The highest BCUT2D eigenvalue weighted by molar-refractivity contribution is 5.42. The first-order valence-corrected chi connectivity index (χ1v) is 8.09. The van der Waals surface area contributed by atoms with Gasteiger partial charge in [0.1, 0.15) is 0 Å². The number of nitrogens with one attached hydrogen (secondary N) is 1. The fourth-order valence-corrected chi connectivity index (χ4v) is 3.07. The van der Waals surface area contributed by atoms with E-state index in [0.717, 1.165) is 25.6 Å². The third kappa shape index (κ3) is 3.19. The van der Waals surface area contributed by atoms with Crippen LogP contribution in [0.3, 0.4) is 0 Å². The second-order valence-electron chi connectivity index (χ2n) is 6.74. The second kappa shape index (κ2) is 5.66. The molecule has 0 unspecified atom stereocenters. The molecule has 0 aromatic carbocycles. The summed E-state index contributed by atoms with van der Waals surface area (Å²) in [6.07, 6.45) is 6.27. The van der Waals surface area contributed by atoms with Gasteiger partial charge in [0.05, 0.1) is 0 Å². The van der Waals surface area contributed by atoms with E-state index in [4.69, 9.17) is 5.73 Å². The van der Waals surface area contributed by atoms with E-state index < -0.39 is 0 Å². The van der Waals surface area contributed by atoms with Crippen LogP contribution in [0.1, 0.15) is 46.0 Å². The van der Waals surface area contributed by atoms with Crippen LogP contribution in [0.15, 0.2) is 0 Å². The molecule has 21 heavy (non-hydrogen) atoms. The fourth-order valence-electron chi connectivity index (χ4n) is 3.07. The summed E-state index contributed by atoms with van der Waals surface area (Å²) < 4.78 is 0. The van der Waals surface area contributed by atoms with Crippen LogP contribution in [0.4, 0.5) is 17.8 Å². The van der Waals surface area contributed by atoms with Crippen molar-refractivity contribution in [2.45, 2.75) is 46.0 Å². The monoisotopic (exact) mass is 290 g/mol. The van der Waals surface area contributed by atoms with Gasteiger partial charge in [-0.25, -0.2) is 0 Å². The van der Waals surface area contributed by atoms with Crippen molar-refractivity contribution in [3.05, 3.63) is 0 Å². The molecule has 1 aliphatic carbocycles. The number of nitrogen functional groups attached to an aromatic ring is 1. The zero-order valence-electron chi connectivity index (χ0n) is 13.1. The molecule has 1 aromatic rings. The summed E-state index contributed by atoms with van der Waals surface area (Å²) in [5, 5.41) is 3.38. The molecule has 2 aliphatic rings. The Bertz CT molecular complexity index is 491. The van der Waals surface area contributed by atoms with Gasteiger partial charge in [-0.3, -0.25) is 0 Å². The van der Waals surface area contributed by atoms with E-state index in [1.165, 1.54) is 32.1 Å². The predicted molar refractivity (Wildman–Crippen MR) is 85.3 cm³/mol. The first-order valence-electron chi connectivity index (χ1n) is 8.09. The topological polar surface area (TPSA) is 80.0 Å². The van der Waals surface area contributed by atoms with Crippen LogP contribution in [0.25, 0.3) is 0 Å². The third-order valence-corrected chi connectivity index (χ3v) is 5.00. The van der Waals surface area contributed by atoms with E-state index in [1.54, 1.807) is 0 Å². The highest BCUT2D eigenvalue weighted by Crippen LogP contribution is 2.51. The van der Waals surface area contributed by atoms with Gasteiger partial charge in [-0.15, -0.1) is 0 Å². The van der Waals surface area contributed by atoms with Crippen molar-refractivity contribution in [2.75, 3.05) is 35.6 Å². The molecule has 1 aliphatic heterocycles. The maximum absolute atomic E-state index is 5.85. The van der Waals surface area contributed by atoms with Crippen molar-refractivity contribution in [1.82, 2.24) is 15.0 Å². The molecule has 1 saturated heterocycles. The molecular weight excluding hydrogens is 264 g/mol. The summed E-state index contributed by atoms with van der Waals surface area (Å²) in [5.74, 6) is 2.34. The number of hydrogen-bond acceptors (Lipinski definition) is 6. The molecule has 6 heteroatoms. The van der Waals surface area contributed by atoms with Gasteiger partial charge in [0.2, 0.25) is 17.8 Å². The molecule has 116 valence electrons. The number of piperidine rings is 1. The van der Waals surface area contributed by atoms with Crippen molar-refractivity contribution >= 4 is 17.8 Å². The summed E-state index contributed by atoms with van der Waals surface area (Å²) in [4.78, 5) is 15.3. The molecular formula is C15H26N6.